The molecule has 0 radical (unpaired) electrons. The summed E-state index contributed by atoms with van der Waals surface area (Å²) in [4.78, 5) is 23.4. The normalized spacial score (nSPS) is 12.5. The van der Waals surface area contributed by atoms with Crippen LogP contribution in [0.25, 0.3) is 0 Å². The molecule has 2 aromatic carbocycles. The second kappa shape index (κ2) is 7.62. The van der Waals surface area contributed by atoms with Crippen LogP contribution in [-0.2, 0) is 4.79 Å². The average molecular weight is 381 g/mol. The smallest absolute Gasteiger partial charge is 0.294 e. The standard InChI is InChI=1S/C16H13ClN2O5S/c17-10-1-3-12(13(7-10)19(21)22)18-16(20)9-25-11-2-4-14-15(8-11)24-6-5-23-14/h1-4,7-8H,5-6,9H2,(H,18,20). The van der Waals surface area contributed by atoms with Crippen LogP contribution in [-0.4, -0.2) is 29.8 Å². The quantitative estimate of drug-likeness (QED) is 0.482. The number of anilines is 1. The minimum atomic E-state index is -0.588. The lowest BCUT2D eigenvalue weighted by Gasteiger charge is -2.18. The minimum absolute atomic E-state index is 0.0967. The molecule has 2 aromatic rings. The zero-order valence-electron chi connectivity index (χ0n) is 12.9. The summed E-state index contributed by atoms with van der Waals surface area (Å²) in [7, 11) is 0. The van der Waals surface area contributed by atoms with E-state index in [1.165, 1.54) is 30.0 Å². The van der Waals surface area contributed by atoms with Gasteiger partial charge in [0.05, 0.1) is 10.7 Å². The second-order valence-corrected chi connectivity index (χ2v) is 6.55. The largest absolute Gasteiger partial charge is 0.486 e. The molecule has 9 heteroatoms. The predicted octanol–water partition coefficient (Wildman–Crippen LogP) is 3.75. The van der Waals surface area contributed by atoms with Crippen LogP contribution < -0.4 is 14.8 Å². The van der Waals surface area contributed by atoms with Gasteiger partial charge in [0.2, 0.25) is 5.91 Å². The van der Waals surface area contributed by atoms with Gasteiger partial charge in [0, 0.05) is 16.0 Å². The van der Waals surface area contributed by atoms with E-state index in [1.807, 2.05) is 6.07 Å². The molecule has 0 saturated carbocycles. The topological polar surface area (TPSA) is 90.7 Å². The number of halogens is 1. The summed E-state index contributed by atoms with van der Waals surface area (Å²) in [6.45, 7) is 1.00. The Hall–Kier alpha value is -2.45. The van der Waals surface area contributed by atoms with Crippen molar-refractivity contribution >= 4 is 40.6 Å². The van der Waals surface area contributed by atoms with Gasteiger partial charge in [0.25, 0.3) is 5.69 Å². The number of nitro benzene ring substituents is 1. The third kappa shape index (κ3) is 4.34. The number of nitro groups is 1. The summed E-state index contributed by atoms with van der Waals surface area (Å²) in [5.41, 5.74) is -0.132. The number of nitrogens with one attached hydrogen (secondary N) is 1. The molecule has 0 atom stereocenters. The van der Waals surface area contributed by atoms with Crippen LogP contribution in [0.15, 0.2) is 41.3 Å². The van der Waals surface area contributed by atoms with Gasteiger partial charge in [0.15, 0.2) is 11.5 Å². The van der Waals surface area contributed by atoms with E-state index in [0.717, 1.165) is 4.90 Å². The molecule has 0 saturated heterocycles. The highest BCUT2D eigenvalue weighted by Gasteiger charge is 2.17. The van der Waals surface area contributed by atoms with Crippen molar-refractivity contribution in [2.45, 2.75) is 4.90 Å². The van der Waals surface area contributed by atoms with Crippen molar-refractivity contribution in [3.8, 4) is 11.5 Å². The molecule has 130 valence electrons. The molecule has 0 bridgehead atoms. The first-order valence-electron chi connectivity index (χ1n) is 7.29. The van der Waals surface area contributed by atoms with Gasteiger partial charge in [0.1, 0.15) is 18.9 Å². The summed E-state index contributed by atoms with van der Waals surface area (Å²) in [5.74, 6) is 1.06. The van der Waals surface area contributed by atoms with Crippen molar-refractivity contribution < 1.29 is 19.2 Å². The zero-order valence-corrected chi connectivity index (χ0v) is 14.4. The van der Waals surface area contributed by atoms with Crippen molar-refractivity contribution in [3.63, 3.8) is 0 Å². The number of amides is 1. The lowest BCUT2D eigenvalue weighted by atomic mass is 10.2. The lowest BCUT2D eigenvalue weighted by molar-refractivity contribution is -0.383. The first-order chi connectivity index (χ1) is 12.0. The van der Waals surface area contributed by atoms with Gasteiger partial charge in [-0.2, -0.15) is 0 Å². The molecule has 0 fully saturated rings. The molecule has 25 heavy (non-hydrogen) atoms. The molecule has 0 aromatic heterocycles. The molecule has 0 unspecified atom stereocenters. The van der Waals surface area contributed by atoms with Gasteiger partial charge in [-0.3, -0.25) is 14.9 Å². The number of hydrogen-bond donors (Lipinski definition) is 1. The fourth-order valence-electron chi connectivity index (χ4n) is 2.21. The van der Waals surface area contributed by atoms with Gasteiger partial charge in [-0.05, 0) is 30.3 Å². The molecular weight excluding hydrogens is 368 g/mol. The van der Waals surface area contributed by atoms with E-state index in [0.29, 0.717) is 24.7 Å². The number of nitrogens with zero attached hydrogens (tertiary/aromatic N) is 1. The van der Waals surface area contributed by atoms with Crippen LogP contribution in [0.5, 0.6) is 11.5 Å². The Morgan fingerprint density at radius 3 is 2.72 bits per heavy atom. The molecule has 1 aliphatic rings. The van der Waals surface area contributed by atoms with Crippen molar-refractivity contribution in [1.82, 2.24) is 0 Å². The van der Waals surface area contributed by atoms with E-state index in [-0.39, 0.29) is 28.1 Å². The third-order valence-corrected chi connectivity index (χ3v) is 4.54. The summed E-state index contributed by atoms with van der Waals surface area (Å²) in [6.07, 6.45) is 0. The fourth-order valence-corrected chi connectivity index (χ4v) is 3.10. The summed E-state index contributed by atoms with van der Waals surface area (Å²) >= 11 is 7.05. The number of ether oxygens (including phenoxy) is 2. The molecule has 1 aliphatic heterocycles. The maximum Gasteiger partial charge on any atom is 0.294 e. The van der Waals surface area contributed by atoms with Crippen molar-refractivity contribution in [2.24, 2.45) is 0 Å². The van der Waals surface area contributed by atoms with Crippen LogP contribution in [0.4, 0.5) is 11.4 Å². The number of carbonyl (C=O) groups is 1. The highest BCUT2D eigenvalue weighted by atomic mass is 35.5. The maximum absolute atomic E-state index is 12.1. The average Bonchev–Trinajstić information content (AvgIpc) is 2.61. The van der Waals surface area contributed by atoms with E-state index >= 15 is 0 Å². The number of hydrogen-bond acceptors (Lipinski definition) is 6. The minimum Gasteiger partial charge on any atom is -0.486 e. The van der Waals surface area contributed by atoms with Crippen LogP contribution in [0.2, 0.25) is 5.02 Å². The van der Waals surface area contributed by atoms with Crippen LogP contribution >= 0.6 is 23.4 Å². The lowest BCUT2D eigenvalue weighted by Crippen LogP contribution is -2.16. The Balaban J connectivity index is 1.63. The van der Waals surface area contributed by atoms with Gasteiger partial charge in [-0.1, -0.05) is 11.6 Å². The fraction of sp³-hybridized carbons (Fsp3) is 0.188. The van der Waals surface area contributed by atoms with Crippen molar-refractivity contribution in [1.29, 1.82) is 0 Å². The molecular formula is C16H13ClN2O5S. The first kappa shape index (κ1) is 17.4. The Bertz CT molecular complexity index is 830. The number of fused-ring (bicyclic) bond motifs is 1. The van der Waals surface area contributed by atoms with E-state index in [2.05, 4.69) is 5.32 Å². The summed E-state index contributed by atoms with van der Waals surface area (Å²) in [5, 5.41) is 13.8. The van der Waals surface area contributed by atoms with E-state index in [4.69, 9.17) is 21.1 Å². The van der Waals surface area contributed by atoms with E-state index in [1.54, 1.807) is 12.1 Å². The predicted molar refractivity (Wildman–Crippen MR) is 94.9 cm³/mol. The van der Waals surface area contributed by atoms with Gasteiger partial charge in [-0.15, -0.1) is 11.8 Å². The molecule has 0 spiro atoms. The Morgan fingerprint density at radius 1 is 1.20 bits per heavy atom. The summed E-state index contributed by atoms with van der Waals surface area (Å²) in [6, 6.07) is 9.52. The molecule has 1 N–H and O–H groups in total. The van der Waals surface area contributed by atoms with Gasteiger partial charge < -0.3 is 14.8 Å². The molecule has 0 aliphatic carbocycles. The highest BCUT2D eigenvalue weighted by molar-refractivity contribution is 8.00. The van der Waals surface area contributed by atoms with Gasteiger partial charge in [-0.25, -0.2) is 0 Å². The van der Waals surface area contributed by atoms with Crippen molar-refractivity contribution in [2.75, 3.05) is 24.3 Å². The number of thioether (sulfide) groups is 1. The van der Waals surface area contributed by atoms with E-state index < -0.39 is 4.92 Å². The zero-order chi connectivity index (χ0) is 17.8. The Morgan fingerprint density at radius 2 is 1.96 bits per heavy atom. The van der Waals surface area contributed by atoms with Crippen LogP contribution in [0.1, 0.15) is 0 Å². The number of benzene rings is 2. The Kier molecular flexibility index (Phi) is 5.30. The van der Waals surface area contributed by atoms with Crippen LogP contribution in [0.3, 0.4) is 0 Å². The van der Waals surface area contributed by atoms with E-state index in [9.17, 15) is 14.9 Å². The maximum atomic E-state index is 12.1. The molecule has 1 amide bonds. The second-order valence-electron chi connectivity index (χ2n) is 5.06. The number of carbonyl (C=O) groups excluding carboxylic acids is 1. The third-order valence-electron chi connectivity index (χ3n) is 3.31. The molecule has 7 nitrogen and oxygen atoms in total. The summed E-state index contributed by atoms with van der Waals surface area (Å²) < 4.78 is 10.9. The number of rotatable bonds is 5. The van der Waals surface area contributed by atoms with Gasteiger partial charge >= 0.3 is 0 Å². The highest BCUT2D eigenvalue weighted by Crippen LogP contribution is 2.34. The Labute approximate surface area is 152 Å². The van der Waals surface area contributed by atoms with Crippen molar-refractivity contribution in [3.05, 3.63) is 51.5 Å². The molecule has 1 heterocycles. The monoisotopic (exact) mass is 380 g/mol. The SMILES string of the molecule is O=C(CSc1ccc2c(c1)OCCO2)Nc1ccc(Cl)cc1[N+](=O)[O-]. The molecule has 3 rings (SSSR count). The van der Waals surface area contributed by atoms with Crippen LogP contribution in [0, 0.1) is 10.1 Å². The first-order valence-corrected chi connectivity index (χ1v) is 8.65.